The van der Waals surface area contributed by atoms with Gasteiger partial charge >= 0.3 is 5.63 Å². The molecule has 0 fully saturated rings. The molecule has 0 saturated carbocycles. The molecule has 0 amide bonds. The molecule has 0 N–H and O–H groups in total. The molecule has 3 aromatic rings. The number of hydrogen-bond acceptors (Lipinski definition) is 3. The number of nitrogens with zero attached hydrogens (tertiary/aromatic N) is 1. The van der Waals surface area contributed by atoms with E-state index in [9.17, 15) is 9.18 Å². The molecule has 0 radical (unpaired) electrons. The van der Waals surface area contributed by atoms with Crippen molar-refractivity contribution in [1.82, 2.24) is 4.98 Å². The molecule has 1 aromatic heterocycles. The van der Waals surface area contributed by atoms with E-state index in [1.54, 1.807) is 36.4 Å². The summed E-state index contributed by atoms with van der Waals surface area (Å²) in [6.45, 7) is 0. The van der Waals surface area contributed by atoms with Crippen LogP contribution in [0.2, 0.25) is 0 Å². The molecule has 0 bridgehead atoms. The number of halogens is 2. The van der Waals surface area contributed by atoms with Crippen LogP contribution in [-0.4, -0.2) is 4.98 Å². The Bertz CT molecular complexity index is 885. The lowest BCUT2D eigenvalue weighted by atomic mass is 10.2. The largest absolute Gasteiger partial charge is 0.404 e. The predicted octanol–water partition coefficient (Wildman–Crippen LogP) is 4.26. The van der Waals surface area contributed by atoms with Crippen molar-refractivity contribution in [3.05, 3.63) is 74.6 Å². The fraction of sp³-hybridized carbons (Fsp3) is 0. The van der Waals surface area contributed by atoms with Crippen LogP contribution in [0.1, 0.15) is 11.5 Å². The van der Waals surface area contributed by atoms with Crippen molar-refractivity contribution in [2.45, 2.75) is 0 Å². The zero-order chi connectivity index (χ0) is 14.8. The minimum Gasteiger partial charge on any atom is -0.404 e. The van der Waals surface area contributed by atoms with Gasteiger partial charge < -0.3 is 4.42 Å². The molecule has 0 spiro atoms. The summed E-state index contributed by atoms with van der Waals surface area (Å²) in [5.74, 6) is -0.0905. The number of aromatic nitrogens is 1. The molecule has 104 valence electrons. The summed E-state index contributed by atoms with van der Waals surface area (Å²) in [5, 5.41) is 0.420. The smallest absolute Gasteiger partial charge is 0.347 e. The van der Waals surface area contributed by atoms with Gasteiger partial charge in [-0.15, -0.1) is 0 Å². The van der Waals surface area contributed by atoms with Gasteiger partial charge in [0.05, 0.1) is 10.9 Å². The van der Waals surface area contributed by atoms with Gasteiger partial charge in [-0.25, -0.2) is 14.2 Å². The lowest BCUT2D eigenvalue weighted by Gasteiger charge is -1.98. The monoisotopic (exact) mass is 345 g/mol. The third-order valence-electron chi connectivity index (χ3n) is 2.89. The SMILES string of the molecule is O=c1oc(C=Cc2ccc(F)cc2)nc2ccc(Br)cc12. The van der Waals surface area contributed by atoms with Crippen LogP contribution < -0.4 is 5.63 Å². The second-order valence-electron chi connectivity index (χ2n) is 4.39. The fourth-order valence-electron chi connectivity index (χ4n) is 1.87. The predicted molar refractivity (Wildman–Crippen MR) is 83.3 cm³/mol. The zero-order valence-corrected chi connectivity index (χ0v) is 12.3. The molecule has 0 atom stereocenters. The van der Waals surface area contributed by atoms with Crippen LogP contribution >= 0.6 is 15.9 Å². The second-order valence-corrected chi connectivity index (χ2v) is 5.30. The molecule has 3 rings (SSSR count). The summed E-state index contributed by atoms with van der Waals surface area (Å²) in [7, 11) is 0. The van der Waals surface area contributed by atoms with E-state index in [2.05, 4.69) is 20.9 Å². The standard InChI is InChI=1S/C16H9BrFNO2/c17-11-4-7-14-13(9-11)16(20)21-15(19-14)8-3-10-1-5-12(18)6-2-10/h1-9H. The fourth-order valence-corrected chi connectivity index (χ4v) is 2.23. The Labute approximate surface area is 127 Å². The molecule has 0 aliphatic carbocycles. The van der Waals surface area contributed by atoms with Crippen molar-refractivity contribution in [2.75, 3.05) is 0 Å². The van der Waals surface area contributed by atoms with Crippen molar-refractivity contribution in [3.63, 3.8) is 0 Å². The highest BCUT2D eigenvalue weighted by molar-refractivity contribution is 9.10. The highest BCUT2D eigenvalue weighted by Crippen LogP contribution is 2.16. The Morgan fingerprint density at radius 3 is 2.62 bits per heavy atom. The van der Waals surface area contributed by atoms with Gasteiger partial charge in [0.25, 0.3) is 0 Å². The average Bonchev–Trinajstić information content (AvgIpc) is 2.47. The van der Waals surface area contributed by atoms with E-state index in [-0.39, 0.29) is 11.7 Å². The molecule has 5 heteroatoms. The summed E-state index contributed by atoms with van der Waals surface area (Å²) < 4.78 is 18.7. The van der Waals surface area contributed by atoms with Crippen molar-refractivity contribution in [2.24, 2.45) is 0 Å². The number of fused-ring (bicyclic) bond motifs is 1. The van der Waals surface area contributed by atoms with Gasteiger partial charge in [0, 0.05) is 10.5 Å². The third kappa shape index (κ3) is 3.08. The Hall–Kier alpha value is -2.27. The van der Waals surface area contributed by atoms with Crippen LogP contribution in [0, 0.1) is 5.82 Å². The van der Waals surface area contributed by atoms with Crippen LogP contribution in [0.5, 0.6) is 0 Å². The normalized spacial score (nSPS) is 11.3. The Kier molecular flexibility index (Phi) is 3.66. The van der Waals surface area contributed by atoms with E-state index >= 15 is 0 Å². The number of hydrogen-bond donors (Lipinski definition) is 0. The van der Waals surface area contributed by atoms with Crippen LogP contribution in [0.25, 0.3) is 23.1 Å². The minimum absolute atomic E-state index is 0.208. The summed E-state index contributed by atoms with van der Waals surface area (Å²) in [6, 6.07) is 11.2. The molecule has 0 aliphatic rings. The number of benzene rings is 2. The molecular formula is C16H9BrFNO2. The maximum atomic E-state index is 12.8. The highest BCUT2D eigenvalue weighted by Gasteiger charge is 2.04. The summed E-state index contributed by atoms with van der Waals surface area (Å²) in [4.78, 5) is 16.2. The van der Waals surface area contributed by atoms with Crippen molar-refractivity contribution in [1.29, 1.82) is 0 Å². The van der Waals surface area contributed by atoms with E-state index in [0.717, 1.165) is 10.0 Å². The maximum Gasteiger partial charge on any atom is 0.347 e. The van der Waals surface area contributed by atoms with Gasteiger partial charge in [-0.1, -0.05) is 28.1 Å². The van der Waals surface area contributed by atoms with Crippen LogP contribution in [0.4, 0.5) is 4.39 Å². The van der Waals surface area contributed by atoms with Gasteiger partial charge in [0.2, 0.25) is 5.89 Å². The first-order valence-corrected chi connectivity index (χ1v) is 6.95. The average molecular weight is 346 g/mol. The third-order valence-corrected chi connectivity index (χ3v) is 3.39. The molecular weight excluding hydrogens is 337 g/mol. The first-order chi connectivity index (χ1) is 10.1. The van der Waals surface area contributed by atoms with Crippen LogP contribution in [-0.2, 0) is 0 Å². The van der Waals surface area contributed by atoms with Gasteiger partial charge in [0.15, 0.2) is 0 Å². The molecule has 0 aliphatic heterocycles. The topological polar surface area (TPSA) is 43.1 Å². The molecule has 2 aromatic carbocycles. The van der Waals surface area contributed by atoms with Crippen molar-refractivity contribution < 1.29 is 8.81 Å². The van der Waals surface area contributed by atoms with E-state index in [1.165, 1.54) is 12.1 Å². The minimum atomic E-state index is -0.444. The van der Waals surface area contributed by atoms with E-state index in [4.69, 9.17) is 4.42 Å². The first-order valence-electron chi connectivity index (χ1n) is 6.16. The Morgan fingerprint density at radius 2 is 1.86 bits per heavy atom. The lowest BCUT2D eigenvalue weighted by Crippen LogP contribution is -2.02. The number of rotatable bonds is 2. The van der Waals surface area contributed by atoms with Gasteiger partial charge in [-0.3, -0.25) is 0 Å². The highest BCUT2D eigenvalue weighted by atomic mass is 79.9. The first kappa shape index (κ1) is 13.7. The summed E-state index contributed by atoms with van der Waals surface area (Å²) in [6.07, 6.45) is 3.28. The van der Waals surface area contributed by atoms with Crippen molar-refractivity contribution in [3.8, 4) is 0 Å². The van der Waals surface area contributed by atoms with E-state index in [1.807, 2.05) is 6.07 Å². The summed E-state index contributed by atoms with van der Waals surface area (Å²) in [5.41, 5.74) is 0.907. The van der Waals surface area contributed by atoms with Gasteiger partial charge in [-0.05, 0) is 42.0 Å². The quantitative estimate of drug-likeness (QED) is 0.696. The lowest BCUT2D eigenvalue weighted by molar-refractivity contribution is 0.490. The maximum absolute atomic E-state index is 12.8. The van der Waals surface area contributed by atoms with Crippen molar-refractivity contribution >= 4 is 39.0 Å². The van der Waals surface area contributed by atoms with Gasteiger partial charge in [0.1, 0.15) is 5.82 Å². The molecule has 21 heavy (non-hydrogen) atoms. The van der Waals surface area contributed by atoms with Crippen LogP contribution in [0.3, 0.4) is 0 Å². The molecule has 3 nitrogen and oxygen atoms in total. The molecule has 0 unspecified atom stereocenters. The molecule has 1 heterocycles. The summed E-state index contributed by atoms with van der Waals surface area (Å²) >= 11 is 3.30. The Morgan fingerprint density at radius 1 is 1.10 bits per heavy atom. The van der Waals surface area contributed by atoms with Crippen LogP contribution in [0.15, 0.2) is 56.1 Å². The van der Waals surface area contributed by atoms with E-state index in [0.29, 0.717) is 10.9 Å². The van der Waals surface area contributed by atoms with Gasteiger partial charge in [-0.2, -0.15) is 0 Å². The second kappa shape index (κ2) is 5.61. The zero-order valence-electron chi connectivity index (χ0n) is 10.7. The molecule has 0 saturated heterocycles. The Balaban J connectivity index is 1.99. The van der Waals surface area contributed by atoms with E-state index < -0.39 is 5.63 Å².